The van der Waals surface area contributed by atoms with Crippen molar-refractivity contribution in [1.29, 1.82) is 0 Å². The van der Waals surface area contributed by atoms with E-state index >= 15 is 0 Å². The summed E-state index contributed by atoms with van der Waals surface area (Å²) in [6.45, 7) is 4.03. The predicted molar refractivity (Wildman–Crippen MR) is 107 cm³/mol. The summed E-state index contributed by atoms with van der Waals surface area (Å²) in [5.74, 6) is 1.45. The summed E-state index contributed by atoms with van der Waals surface area (Å²) >= 11 is 0. The summed E-state index contributed by atoms with van der Waals surface area (Å²) in [4.78, 5) is 13.9. The van der Waals surface area contributed by atoms with Gasteiger partial charge >= 0.3 is 5.63 Å². The minimum atomic E-state index is -0.335. The first-order valence-corrected chi connectivity index (χ1v) is 9.72. The van der Waals surface area contributed by atoms with E-state index in [-0.39, 0.29) is 5.63 Å². The fourth-order valence-corrected chi connectivity index (χ4v) is 3.82. The monoisotopic (exact) mass is 363 g/mol. The molecular weight excluding hydrogens is 338 g/mol. The van der Waals surface area contributed by atoms with Crippen LogP contribution < -0.4 is 10.4 Å². The first-order valence-electron chi connectivity index (χ1n) is 9.72. The van der Waals surface area contributed by atoms with Crippen molar-refractivity contribution in [1.82, 2.24) is 4.90 Å². The van der Waals surface area contributed by atoms with E-state index < -0.39 is 0 Å². The number of likely N-dealkylation sites (tertiary alicyclic amines) is 1. The Morgan fingerprint density at radius 3 is 2.59 bits per heavy atom. The second-order valence-electron chi connectivity index (χ2n) is 7.18. The molecule has 27 heavy (non-hydrogen) atoms. The zero-order valence-corrected chi connectivity index (χ0v) is 15.5. The van der Waals surface area contributed by atoms with Gasteiger partial charge in [0.25, 0.3) is 0 Å². The highest BCUT2D eigenvalue weighted by atomic mass is 16.5. The number of fused-ring (bicyclic) bond motifs is 1. The fourth-order valence-electron chi connectivity index (χ4n) is 3.82. The molecule has 0 spiro atoms. The van der Waals surface area contributed by atoms with E-state index in [1.807, 2.05) is 12.1 Å². The lowest BCUT2D eigenvalue weighted by Gasteiger charge is -2.32. The molecule has 0 atom stereocenters. The van der Waals surface area contributed by atoms with Gasteiger partial charge in [0.15, 0.2) is 0 Å². The van der Waals surface area contributed by atoms with Crippen LogP contribution in [0.5, 0.6) is 5.75 Å². The lowest BCUT2D eigenvalue weighted by Crippen LogP contribution is -2.34. The quantitative estimate of drug-likeness (QED) is 0.480. The molecule has 0 aliphatic carbocycles. The highest BCUT2D eigenvalue weighted by Crippen LogP contribution is 2.27. The lowest BCUT2D eigenvalue weighted by atomic mass is 9.89. The van der Waals surface area contributed by atoms with E-state index in [9.17, 15) is 4.79 Å². The molecule has 0 bridgehead atoms. The maximum Gasteiger partial charge on any atom is 0.336 e. The first kappa shape index (κ1) is 17.8. The van der Waals surface area contributed by atoms with Crippen molar-refractivity contribution in [2.75, 3.05) is 26.2 Å². The van der Waals surface area contributed by atoms with E-state index in [0.29, 0.717) is 18.1 Å². The van der Waals surface area contributed by atoms with Crippen LogP contribution >= 0.6 is 0 Å². The molecule has 140 valence electrons. The molecule has 0 unspecified atom stereocenters. The molecule has 2 heterocycles. The minimum absolute atomic E-state index is 0.335. The number of rotatable bonds is 6. The summed E-state index contributed by atoms with van der Waals surface area (Å²) in [7, 11) is 0. The number of hydrogen-bond acceptors (Lipinski definition) is 4. The smallest absolute Gasteiger partial charge is 0.336 e. The van der Waals surface area contributed by atoms with Crippen molar-refractivity contribution in [2.45, 2.75) is 25.2 Å². The largest absolute Gasteiger partial charge is 0.493 e. The second-order valence-corrected chi connectivity index (χ2v) is 7.18. The van der Waals surface area contributed by atoms with Gasteiger partial charge < -0.3 is 14.1 Å². The van der Waals surface area contributed by atoms with Gasteiger partial charge in [-0.2, -0.15) is 0 Å². The van der Waals surface area contributed by atoms with Gasteiger partial charge in [0, 0.05) is 24.1 Å². The molecule has 1 aromatic heterocycles. The molecule has 1 saturated heterocycles. The van der Waals surface area contributed by atoms with Crippen molar-refractivity contribution in [3.63, 3.8) is 0 Å². The Bertz CT molecular complexity index is 927. The SMILES string of the molecule is O=c1ccc2ccc(OCCCN3CCC(c4ccccc4)CC3)cc2o1. The van der Waals surface area contributed by atoms with Gasteiger partial charge in [-0.3, -0.25) is 0 Å². The average Bonchev–Trinajstić information content (AvgIpc) is 2.72. The second kappa shape index (κ2) is 8.40. The summed E-state index contributed by atoms with van der Waals surface area (Å²) in [5.41, 5.74) is 1.71. The van der Waals surface area contributed by atoms with Gasteiger partial charge in [0.05, 0.1) is 6.61 Å². The van der Waals surface area contributed by atoms with Crippen molar-refractivity contribution >= 4 is 11.0 Å². The van der Waals surface area contributed by atoms with Crippen LogP contribution in [-0.2, 0) is 0 Å². The van der Waals surface area contributed by atoms with Crippen molar-refractivity contribution in [3.8, 4) is 5.75 Å². The summed E-state index contributed by atoms with van der Waals surface area (Å²) in [5, 5.41) is 0.906. The molecule has 2 aromatic carbocycles. The Labute approximate surface area is 159 Å². The molecule has 0 N–H and O–H groups in total. The third kappa shape index (κ3) is 4.58. The van der Waals surface area contributed by atoms with Gasteiger partial charge in [-0.15, -0.1) is 0 Å². The Morgan fingerprint density at radius 2 is 1.78 bits per heavy atom. The van der Waals surface area contributed by atoms with E-state index in [4.69, 9.17) is 9.15 Å². The van der Waals surface area contributed by atoms with Crippen LogP contribution in [0.1, 0.15) is 30.7 Å². The lowest BCUT2D eigenvalue weighted by molar-refractivity contribution is 0.193. The van der Waals surface area contributed by atoms with Crippen molar-refractivity contribution in [3.05, 3.63) is 76.6 Å². The highest BCUT2D eigenvalue weighted by molar-refractivity contribution is 5.77. The molecule has 0 saturated carbocycles. The van der Waals surface area contributed by atoms with Crippen LogP contribution in [0.25, 0.3) is 11.0 Å². The summed E-state index contributed by atoms with van der Waals surface area (Å²) < 4.78 is 11.1. The summed E-state index contributed by atoms with van der Waals surface area (Å²) in [6.07, 6.45) is 3.45. The van der Waals surface area contributed by atoms with E-state index in [1.54, 1.807) is 12.1 Å². The molecule has 1 aliphatic rings. The van der Waals surface area contributed by atoms with Crippen LogP contribution in [0.4, 0.5) is 0 Å². The molecule has 1 aliphatic heterocycles. The van der Waals surface area contributed by atoms with E-state index in [2.05, 4.69) is 35.2 Å². The standard InChI is InChI=1S/C23H25NO3/c25-23-10-8-20-7-9-21(17-22(20)27-23)26-16-4-13-24-14-11-19(12-15-24)18-5-2-1-3-6-18/h1-3,5-10,17,19H,4,11-16H2. The third-order valence-electron chi connectivity index (χ3n) is 5.34. The third-order valence-corrected chi connectivity index (χ3v) is 5.34. The van der Waals surface area contributed by atoms with Crippen molar-refractivity contribution in [2.24, 2.45) is 0 Å². The molecule has 4 heteroatoms. The number of hydrogen-bond donors (Lipinski definition) is 0. The maximum atomic E-state index is 11.3. The van der Waals surface area contributed by atoms with E-state index in [1.165, 1.54) is 24.5 Å². The molecular formula is C23H25NO3. The molecule has 3 aromatic rings. The topological polar surface area (TPSA) is 42.7 Å². The fraction of sp³-hybridized carbons (Fsp3) is 0.348. The predicted octanol–water partition coefficient (Wildman–Crippen LogP) is 4.44. The van der Waals surface area contributed by atoms with Gasteiger partial charge in [-0.1, -0.05) is 30.3 Å². The van der Waals surface area contributed by atoms with Crippen LogP contribution in [0, 0.1) is 0 Å². The average molecular weight is 363 g/mol. The Balaban J connectivity index is 1.21. The zero-order chi connectivity index (χ0) is 18.5. The Kier molecular flexibility index (Phi) is 5.54. The maximum absolute atomic E-state index is 11.3. The van der Waals surface area contributed by atoms with E-state index in [0.717, 1.165) is 37.2 Å². The molecule has 0 radical (unpaired) electrons. The van der Waals surface area contributed by atoms with Gasteiger partial charge in [-0.05, 0) is 62.0 Å². The highest BCUT2D eigenvalue weighted by Gasteiger charge is 2.19. The normalized spacial score (nSPS) is 15.9. The van der Waals surface area contributed by atoms with Crippen LogP contribution in [0.2, 0.25) is 0 Å². The Morgan fingerprint density at radius 1 is 1.00 bits per heavy atom. The zero-order valence-electron chi connectivity index (χ0n) is 15.5. The molecule has 4 nitrogen and oxygen atoms in total. The van der Waals surface area contributed by atoms with Crippen LogP contribution in [-0.4, -0.2) is 31.1 Å². The van der Waals surface area contributed by atoms with Crippen molar-refractivity contribution < 1.29 is 9.15 Å². The number of benzene rings is 2. The number of nitrogens with zero attached hydrogens (tertiary/aromatic N) is 1. The summed E-state index contributed by atoms with van der Waals surface area (Å²) in [6, 6.07) is 19.7. The van der Waals surface area contributed by atoms with Gasteiger partial charge in [0.1, 0.15) is 11.3 Å². The van der Waals surface area contributed by atoms with Crippen LogP contribution in [0.15, 0.2) is 69.9 Å². The van der Waals surface area contributed by atoms with Crippen LogP contribution in [0.3, 0.4) is 0 Å². The number of piperidine rings is 1. The Hall–Kier alpha value is -2.59. The van der Waals surface area contributed by atoms with Gasteiger partial charge in [0.2, 0.25) is 0 Å². The minimum Gasteiger partial charge on any atom is -0.493 e. The first-order chi connectivity index (χ1) is 13.3. The molecule has 0 amide bonds. The van der Waals surface area contributed by atoms with Gasteiger partial charge in [-0.25, -0.2) is 4.79 Å². The number of ether oxygens (including phenoxy) is 1. The molecule has 4 rings (SSSR count). The molecule has 1 fully saturated rings.